The number of hydrogen-bond donors (Lipinski definition) is 1. The maximum Gasteiger partial charge on any atom is 0.297 e. The van der Waals surface area contributed by atoms with Crippen LogP contribution in [0.3, 0.4) is 0 Å². The van der Waals surface area contributed by atoms with E-state index in [-0.39, 0.29) is 17.8 Å². The van der Waals surface area contributed by atoms with Crippen LogP contribution in [0.1, 0.15) is 42.2 Å². The highest BCUT2D eigenvalue weighted by Crippen LogP contribution is 2.39. The molecule has 0 fully saturated rings. The van der Waals surface area contributed by atoms with Crippen molar-refractivity contribution in [3.8, 4) is 0 Å². The van der Waals surface area contributed by atoms with Crippen LogP contribution in [0.5, 0.6) is 0 Å². The molecule has 0 saturated carbocycles. The van der Waals surface area contributed by atoms with Gasteiger partial charge in [-0.25, -0.2) is 13.8 Å². The van der Waals surface area contributed by atoms with Gasteiger partial charge in [-0.05, 0) is 42.5 Å². The monoisotopic (exact) mass is 368 g/mol. The zero-order chi connectivity index (χ0) is 15.9. The summed E-state index contributed by atoms with van der Waals surface area (Å²) in [6.07, 6.45) is -1.77. The summed E-state index contributed by atoms with van der Waals surface area (Å²) < 4.78 is 26.6. The highest BCUT2D eigenvalue weighted by atomic mass is 79.9. The predicted octanol–water partition coefficient (Wildman–Crippen LogP) is 4.23. The number of hydrogen-bond acceptors (Lipinski definition) is 4. The lowest BCUT2D eigenvalue weighted by Crippen LogP contribution is -2.17. The lowest BCUT2D eigenvalue weighted by molar-refractivity contribution is 0.140. The van der Waals surface area contributed by atoms with Crippen molar-refractivity contribution in [2.45, 2.75) is 32.7 Å². The Morgan fingerprint density at radius 3 is 2.77 bits per heavy atom. The van der Waals surface area contributed by atoms with Crippen LogP contribution in [0.4, 0.5) is 14.7 Å². The molecule has 0 unspecified atom stereocenters. The first-order valence-corrected chi connectivity index (χ1v) is 7.79. The van der Waals surface area contributed by atoms with Gasteiger partial charge in [0.15, 0.2) is 0 Å². The van der Waals surface area contributed by atoms with E-state index in [9.17, 15) is 8.78 Å². The standard InChI is InChI=1S/C15H15BrF2N4/c1-7-5-9-3-4-10(16)6-11(9)12(7)21-15-20-8(2)19-14(22-15)13(17)18/h3-4,6-7,12-13H,5H2,1-2H3,(H,19,20,21,22)/t7-,12+/m0/s1. The minimum absolute atomic E-state index is 0.000164. The van der Waals surface area contributed by atoms with E-state index in [1.54, 1.807) is 6.92 Å². The Hall–Kier alpha value is -1.63. The SMILES string of the molecule is Cc1nc(N[C@H]2c3cc(Br)ccc3C[C@@H]2C)nc(C(F)F)n1. The van der Waals surface area contributed by atoms with E-state index >= 15 is 0 Å². The molecule has 0 radical (unpaired) electrons. The van der Waals surface area contributed by atoms with E-state index < -0.39 is 12.2 Å². The molecule has 116 valence electrons. The van der Waals surface area contributed by atoms with Crippen molar-refractivity contribution in [1.82, 2.24) is 15.0 Å². The molecule has 1 N–H and O–H groups in total. The number of nitrogens with zero attached hydrogens (tertiary/aromatic N) is 3. The van der Waals surface area contributed by atoms with Gasteiger partial charge in [0.25, 0.3) is 6.43 Å². The highest BCUT2D eigenvalue weighted by Gasteiger charge is 2.30. The van der Waals surface area contributed by atoms with Crippen LogP contribution in [0.2, 0.25) is 0 Å². The van der Waals surface area contributed by atoms with Gasteiger partial charge in [-0.1, -0.05) is 28.9 Å². The molecule has 0 aliphatic heterocycles. The Kier molecular flexibility index (Phi) is 4.08. The summed E-state index contributed by atoms with van der Waals surface area (Å²) in [5, 5.41) is 3.19. The number of anilines is 1. The molecule has 2 aromatic rings. The number of benzene rings is 1. The Balaban J connectivity index is 1.92. The van der Waals surface area contributed by atoms with Crippen LogP contribution in [0, 0.1) is 12.8 Å². The smallest absolute Gasteiger partial charge is 0.297 e. The van der Waals surface area contributed by atoms with E-state index in [2.05, 4.69) is 55.3 Å². The normalized spacial score (nSPS) is 20.3. The molecule has 3 rings (SSSR count). The van der Waals surface area contributed by atoms with Crippen molar-refractivity contribution in [2.24, 2.45) is 5.92 Å². The molecule has 1 aliphatic carbocycles. The average Bonchev–Trinajstić information content (AvgIpc) is 2.74. The van der Waals surface area contributed by atoms with Crippen LogP contribution in [-0.4, -0.2) is 15.0 Å². The number of fused-ring (bicyclic) bond motifs is 1. The summed E-state index contributed by atoms with van der Waals surface area (Å²) in [6, 6.07) is 6.15. The summed E-state index contributed by atoms with van der Waals surface area (Å²) in [7, 11) is 0. The van der Waals surface area contributed by atoms with Crippen LogP contribution in [-0.2, 0) is 6.42 Å². The zero-order valence-electron chi connectivity index (χ0n) is 12.1. The summed E-state index contributed by atoms with van der Waals surface area (Å²) in [6.45, 7) is 3.70. The molecule has 22 heavy (non-hydrogen) atoms. The molecule has 1 heterocycles. The van der Waals surface area contributed by atoms with E-state index in [1.807, 2.05) is 6.07 Å². The Morgan fingerprint density at radius 2 is 2.05 bits per heavy atom. The molecule has 4 nitrogen and oxygen atoms in total. The van der Waals surface area contributed by atoms with Gasteiger partial charge < -0.3 is 5.32 Å². The van der Waals surface area contributed by atoms with E-state index in [1.165, 1.54) is 5.56 Å². The number of nitrogens with one attached hydrogen (secondary N) is 1. The molecular formula is C15H15BrF2N4. The molecule has 1 aromatic carbocycles. The first-order valence-electron chi connectivity index (χ1n) is 6.99. The van der Waals surface area contributed by atoms with E-state index in [0.29, 0.717) is 5.92 Å². The summed E-state index contributed by atoms with van der Waals surface area (Å²) in [4.78, 5) is 11.6. The quantitative estimate of drug-likeness (QED) is 0.880. The highest BCUT2D eigenvalue weighted by molar-refractivity contribution is 9.10. The second-order valence-electron chi connectivity index (χ2n) is 5.51. The van der Waals surface area contributed by atoms with Crippen molar-refractivity contribution in [3.63, 3.8) is 0 Å². The van der Waals surface area contributed by atoms with E-state index in [0.717, 1.165) is 16.5 Å². The third-order valence-corrected chi connectivity index (χ3v) is 4.29. The first-order chi connectivity index (χ1) is 10.4. The lowest BCUT2D eigenvalue weighted by Gasteiger charge is -2.19. The van der Waals surface area contributed by atoms with Crippen LogP contribution in [0.15, 0.2) is 22.7 Å². The molecule has 0 spiro atoms. The molecule has 0 saturated heterocycles. The number of aromatic nitrogens is 3. The Morgan fingerprint density at radius 1 is 1.27 bits per heavy atom. The Bertz CT molecular complexity index is 708. The van der Waals surface area contributed by atoms with Crippen molar-refractivity contribution in [2.75, 3.05) is 5.32 Å². The minimum atomic E-state index is -2.70. The van der Waals surface area contributed by atoms with Crippen LogP contribution < -0.4 is 5.32 Å². The average molecular weight is 369 g/mol. The molecular weight excluding hydrogens is 354 g/mol. The summed E-state index contributed by atoms with van der Waals surface area (Å²) in [5.41, 5.74) is 2.41. The fourth-order valence-corrected chi connectivity index (χ4v) is 3.22. The van der Waals surface area contributed by atoms with Crippen molar-refractivity contribution < 1.29 is 8.78 Å². The van der Waals surface area contributed by atoms with Crippen molar-refractivity contribution in [3.05, 3.63) is 45.4 Å². The largest absolute Gasteiger partial charge is 0.347 e. The van der Waals surface area contributed by atoms with E-state index in [4.69, 9.17) is 0 Å². The fourth-order valence-electron chi connectivity index (χ4n) is 2.84. The zero-order valence-corrected chi connectivity index (χ0v) is 13.7. The molecule has 2 atom stereocenters. The third kappa shape index (κ3) is 2.95. The van der Waals surface area contributed by atoms with Gasteiger partial charge in [-0.15, -0.1) is 0 Å². The lowest BCUT2D eigenvalue weighted by atomic mass is 10.0. The topological polar surface area (TPSA) is 50.7 Å². The van der Waals surface area contributed by atoms with Crippen LogP contribution in [0.25, 0.3) is 0 Å². The third-order valence-electron chi connectivity index (χ3n) is 3.80. The van der Waals surface area contributed by atoms with Gasteiger partial charge in [0, 0.05) is 4.47 Å². The predicted molar refractivity (Wildman–Crippen MR) is 82.9 cm³/mol. The maximum absolute atomic E-state index is 12.8. The Labute approximate surface area is 135 Å². The van der Waals surface area contributed by atoms with Crippen LogP contribution >= 0.6 is 15.9 Å². The van der Waals surface area contributed by atoms with Gasteiger partial charge >= 0.3 is 0 Å². The molecule has 0 amide bonds. The van der Waals surface area contributed by atoms with Gasteiger partial charge in [0.05, 0.1) is 6.04 Å². The van der Waals surface area contributed by atoms with Crippen molar-refractivity contribution >= 4 is 21.9 Å². The summed E-state index contributed by atoms with van der Waals surface area (Å²) >= 11 is 3.47. The fraction of sp³-hybridized carbons (Fsp3) is 0.400. The van der Waals surface area contributed by atoms with Gasteiger partial charge in [-0.3, -0.25) is 0 Å². The number of aryl methyl sites for hydroxylation is 1. The second-order valence-corrected chi connectivity index (χ2v) is 6.43. The van der Waals surface area contributed by atoms with Gasteiger partial charge in [0.1, 0.15) is 5.82 Å². The molecule has 0 bridgehead atoms. The summed E-state index contributed by atoms with van der Waals surface area (Å²) in [5.74, 6) is 0.326. The minimum Gasteiger partial charge on any atom is -0.347 e. The maximum atomic E-state index is 12.8. The number of alkyl halides is 2. The molecule has 1 aliphatic rings. The van der Waals surface area contributed by atoms with Gasteiger partial charge in [-0.2, -0.15) is 9.97 Å². The second kappa shape index (κ2) is 5.87. The molecule has 1 aromatic heterocycles. The number of halogens is 3. The first kappa shape index (κ1) is 15.3. The van der Waals surface area contributed by atoms with Gasteiger partial charge in [0.2, 0.25) is 11.8 Å². The number of rotatable bonds is 3. The van der Waals surface area contributed by atoms with Crippen molar-refractivity contribution in [1.29, 1.82) is 0 Å². The molecule has 7 heteroatoms.